The number of benzene rings is 1. The monoisotopic (exact) mass is 317 g/mol. The number of fused-ring (bicyclic) bond motifs is 2. The fourth-order valence-corrected chi connectivity index (χ4v) is 2.53. The Morgan fingerprint density at radius 3 is 2.86 bits per heavy atom. The van der Waals surface area contributed by atoms with Crippen LogP contribution in [-0.4, -0.2) is 21.9 Å². The Morgan fingerprint density at radius 2 is 2.14 bits per heavy atom. The van der Waals surface area contributed by atoms with Gasteiger partial charge in [-0.3, -0.25) is 14.6 Å². The van der Waals surface area contributed by atoms with Crippen LogP contribution in [0.2, 0.25) is 0 Å². The fraction of sp³-hybridized carbons (Fsp3) is 0.267. The summed E-state index contributed by atoms with van der Waals surface area (Å²) in [6, 6.07) is 5.23. The predicted octanol–water partition coefficient (Wildman–Crippen LogP) is 2.27. The van der Waals surface area contributed by atoms with Gasteiger partial charge in [-0.2, -0.15) is 0 Å². The first-order chi connectivity index (χ1) is 10.4. The third kappa shape index (κ3) is 2.67. The van der Waals surface area contributed by atoms with Crippen LogP contribution < -0.4 is 15.6 Å². The summed E-state index contributed by atoms with van der Waals surface area (Å²) in [6.07, 6.45) is 0.384. The molecule has 1 aromatic carbocycles. The lowest BCUT2D eigenvalue weighted by atomic mass is 10.0. The average molecular weight is 317 g/mol. The van der Waals surface area contributed by atoms with Crippen LogP contribution in [0.1, 0.15) is 35.3 Å². The van der Waals surface area contributed by atoms with Crippen LogP contribution in [-0.2, 0) is 6.42 Å². The van der Waals surface area contributed by atoms with E-state index in [1.807, 2.05) is 13.8 Å². The molecule has 0 bridgehead atoms. The summed E-state index contributed by atoms with van der Waals surface area (Å²) < 4.78 is 5.90. The fourth-order valence-electron chi connectivity index (χ4n) is 2.34. The number of amides is 1. The number of ether oxygens (including phenoxy) is 1. The molecule has 7 heteroatoms. The molecule has 3 rings (SSSR count). The highest BCUT2D eigenvalue weighted by Crippen LogP contribution is 2.33. The second-order valence-corrected chi connectivity index (χ2v) is 5.85. The number of carbonyl (C=O) groups excluding carboxylic acids is 1. The van der Waals surface area contributed by atoms with Gasteiger partial charge in [-0.15, -0.1) is 0 Å². The van der Waals surface area contributed by atoms with E-state index in [0.29, 0.717) is 29.2 Å². The molecule has 1 aliphatic heterocycles. The Bertz CT molecular complexity index is 867. The van der Waals surface area contributed by atoms with E-state index in [1.165, 1.54) is 0 Å². The quantitative estimate of drug-likeness (QED) is 0.633. The topological polar surface area (TPSA) is 87.0 Å². The van der Waals surface area contributed by atoms with E-state index < -0.39 is 0 Å². The van der Waals surface area contributed by atoms with Gasteiger partial charge >= 0.3 is 0 Å². The average Bonchev–Trinajstić information content (AvgIpc) is 2.44. The van der Waals surface area contributed by atoms with Crippen molar-refractivity contribution in [3.63, 3.8) is 0 Å². The van der Waals surface area contributed by atoms with Gasteiger partial charge in [0.15, 0.2) is 4.77 Å². The Balaban J connectivity index is 1.98. The third-order valence-electron chi connectivity index (χ3n) is 3.32. The third-order valence-corrected chi connectivity index (χ3v) is 3.53. The highest BCUT2D eigenvalue weighted by molar-refractivity contribution is 7.71. The summed E-state index contributed by atoms with van der Waals surface area (Å²) >= 11 is 4.93. The molecule has 22 heavy (non-hydrogen) atoms. The molecule has 0 spiro atoms. The van der Waals surface area contributed by atoms with E-state index in [4.69, 9.17) is 17.0 Å². The lowest BCUT2D eigenvalue weighted by Crippen LogP contribution is -2.30. The molecule has 6 nitrogen and oxygen atoms in total. The number of H-pyrrole nitrogens is 2. The van der Waals surface area contributed by atoms with Gasteiger partial charge in [-0.25, -0.2) is 0 Å². The summed E-state index contributed by atoms with van der Waals surface area (Å²) in [5.41, 5.74) is 1.53. The molecule has 0 unspecified atom stereocenters. The number of carbonyl (C=O) groups is 1. The van der Waals surface area contributed by atoms with Crippen LogP contribution in [0.15, 0.2) is 23.0 Å². The smallest absolute Gasteiger partial charge is 0.259 e. The van der Waals surface area contributed by atoms with Crippen LogP contribution in [0.4, 0.5) is 0 Å². The predicted molar refractivity (Wildman–Crippen MR) is 84.2 cm³/mol. The summed E-state index contributed by atoms with van der Waals surface area (Å²) in [6.45, 7) is 3.80. The van der Waals surface area contributed by atoms with E-state index in [-0.39, 0.29) is 22.3 Å². The van der Waals surface area contributed by atoms with Gasteiger partial charge in [-0.1, -0.05) is 0 Å². The van der Waals surface area contributed by atoms with Crippen LogP contribution >= 0.6 is 12.2 Å². The van der Waals surface area contributed by atoms with Gasteiger partial charge in [0.25, 0.3) is 11.5 Å². The zero-order valence-electron chi connectivity index (χ0n) is 12.1. The molecule has 3 N–H and O–H groups in total. The molecular formula is C15H15N3O3S. The minimum Gasteiger partial charge on any atom is -0.440 e. The molecule has 2 aromatic rings. The molecule has 0 fully saturated rings. The molecule has 1 aromatic heterocycles. The molecule has 1 aliphatic rings. The highest BCUT2D eigenvalue weighted by atomic mass is 32.1. The number of nitrogens with one attached hydrogen (secondary N) is 3. The zero-order chi connectivity index (χ0) is 15.9. The van der Waals surface area contributed by atoms with Crippen molar-refractivity contribution < 1.29 is 9.53 Å². The van der Waals surface area contributed by atoms with Crippen molar-refractivity contribution in [1.82, 2.24) is 15.3 Å². The maximum absolute atomic E-state index is 12.1. The van der Waals surface area contributed by atoms with Crippen molar-refractivity contribution in [2.24, 2.45) is 0 Å². The Kier molecular flexibility index (Phi) is 3.58. The molecule has 0 atom stereocenters. The standard InChI is InChI=1S/C15H15N3O3S/c1-7(2)16-12(19)8-3-4-11-9(5-8)6-10-13(20)17-15(22)18-14(10)21-11/h3-5,7H,6H2,1-2H3,(H,16,19)(H2,17,18,20,22). The van der Waals surface area contributed by atoms with Gasteiger partial charge in [0, 0.05) is 23.6 Å². The minimum atomic E-state index is -0.276. The first-order valence-electron chi connectivity index (χ1n) is 6.91. The Morgan fingerprint density at radius 1 is 1.36 bits per heavy atom. The van der Waals surface area contributed by atoms with Crippen molar-refractivity contribution in [2.45, 2.75) is 26.3 Å². The Labute approximate surface area is 131 Å². The van der Waals surface area contributed by atoms with E-state index in [9.17, 15) is 9.59 Å². The summed E-state index contributed by atoms with van der Waals surface area (Å²) in [4.78, 5) is 29.4. The normalized spacial score (nSPS) is 12.3. The SMILES string of the molecule is CC(C)NC(=O)c1ccc2c(c1)Cc1c([nH]c(=S)[nH]c1=O)O2. The van der Waals surface area contributed by atoms with Crippen molar-refractivity contribution in [1.29, 1.82) is 0 Å². The zero-order valence-corrected chi connectivity index (χ0v) is 13.0. The van der Waals surface area contributed by atoms with Crippen molar-refractivity contribution in [3.05, 3.63) is 50.0 Å². The van der Waals surface area contributed by atoms with Gasteiger partial charge in [0.05, 0.1) is 5.56 Å². The van der Waals surface area contributed by atoms with Gasteiger partial charge in [0.1, 0.15) is 5.75 Å². The first-order valence-corrected chi connectivity index (χ1v) is 7.32. The van der Waals surface area contributed by atoms with Gasteiger partial charge < -0.3 is 15.0 Å². The molecule has 0 radical (unpaired) electrons. The second-order valence-electron chi connectivity index (χ2n) is 5.45. The first kappa shape index (κ1) is 14.5. The summed E-state index contributed by atoms with van der Waals surface area (Å²) in [5.74, 6) is 0.829. The molecule has 0 saturated carbocycles. The molecule has 0 aliphatic carbocycles. The highest BCUT2D eigenvalue weighted by Gasteiger charge is 2.21. The molecule has 2 heterocycles. The molecular weight excluding hydrogens is 302 g/mol. The van der Waals surface area contributed by atoms with Gasteiger partial charge in [0.2, 0.25) is 5.88 Å². The van der Waals surface area contributed by atoms with Crippen LogP contribution in [0.25, 0.3) is 0 Å². The van der Waals surface area contributed by atoms with Crippen LogP contribution in [0, 0.1) is 4.77 Å². The summed E-state index contributed by atoms with van der Waals surface area (Å²) in [5, 5.41) is 2.84. The van der Waals surface area contributed by atoms with Crippen molar-refractivity contribution in [2.75, 3.05) is 0 Å². The van der Waals surface area contributed by atoms with Crippen molar-refractivity contribution in [3.8, 4) is 11.6 Å². The molecule has 114 valence electrons. The van der Waals surface area contributed by atoms with Crippen LogP contribution in [0.5, 0.6) is 11.6 Å². The molecule has 1 amide bonds. The second kappa shape index (κ2) is 5.42. The van der Waals surface area contributed by atoms with Crippen molar-refractivity contribution >= 4 is 18.1 Å². The largest absolute Gasteiger partial charge is 0.440 e. The van der Waals surface area contributed by atoms with E-state index >= 15 is 0 Å². The maximum atomic E-state index is 12.1. The van der Waals surface area contributed by atoms with Crippen LogP contribution in [0.3, 0.4) is 0 Å². The van der Waals surface area contributed by atoms with E-state index in [1.54, 1.807) is 18.2 Å². The maximum Gasteiger partial charge on any atom is 0.259 e. The number of rotatable bonds is 2. The molecule has 0 saturated heterocycles. The summed E-state index contributed by atoms with van der Waals surface area (Å²) in [7, 11) is 0. The number of hydrogen-bond acceptors (Lipinski definition) is 4. The van der Waals surface area contributed by atoms with Gasteiger partial charge in [-0.05, 0) is 44.3 Å². The van der Waals surface area contributed by atoms with E-state index in [0.717, 1.165) is 5.56 Å². The minimum absolute atomic E-state index is 0.0587. The van der Waals surface area contributed by atoms with E-state index in [2.05, 4.69) is 15.3 Å². The lowest BCUT2D eigenvalue weighted by Gasteiger charge is -2.19. The lowest BCUT2D eigenvalue weighted by molar-refractivity contribution is 0.0943. The Hall–Kier alpha value is -2.41. The number of aromatic amines is 2. The number of hydrogen-bond donors (Lipinski definition) is 3. The number of aromatic nitrogens is 2.